The molecule has 0 aliphatic rings. The first-order chi connectivity index (χ1) is 14.4. The molecule has 0 fully saturated rings. The van der Waals surface area contributed by atoms with Gasteiger partial charge in [-0.15, -0.1) is 0 Å². The monoisotopic (exact) mass is 510 g/mol. The number of amides is 2. The van der Waals surface area contributed by atoms with Crippen molar-refractivity contribution in [2.75, 3.05) is 10.6 Å². The van der Waals surface area contributed by atoms with Crippen LogP contribution in [-0.4, -0.2) is 33.9 Å². The normalized spacial score (nSPS) is 12.8. The molecule has 0 saturated heterocycles. The van der Waals surface area contributed by atoms with Gasteiger partial charge in [-0.3, -0.25) is 0 Å². The molecular weight excluding hydrogens is 501 g/mol. The molecule has 0 bridgehead atoms. The van der Waals surface area contributed by atoms with Crippen molar-refractivity contribution in [3.05, 3.63) is 48.3 Å². The van der Waals surface area contributed by atoms with E-state index in [4.69, 9.17) is 0 Å². The highest BCUT2D eigenvalue weighted by Gasteiger charge is 2.49. The summed E-state index contributed by atoms with van der Waals surface area (Å²) >= 11 is 0. The van der Waals surface area contributed by atoms with E-state index >= 15 is 0 Å². The van der Waals surface area contributed by atoms with Crippen LogP contribution in [-0.2, 0) is 20.0 Å². The second-order valence-corrected chi connectivity index (χ2v) is 9.16. The number of carbonyl (C=O) groups excluding carboxylic acids is 1. The maximum absolute atomic E-state index is 13.8. The van der Waals surface area contributed by atoms with E-state index in [0.29, 0.717) is 24.3 Å². The Labute approximate surface area is 175 Å². The van der Waals surface area contributed by atoms with E-state index in [0.717, 1.165) is 18.2 Å². The lowest BCUT2D eigenvalue weighted by atomic mass is 10.3. The predicted octanol–water partition coefficient (Wildman–Crippen LogP) is 3.99. The van der Waals surface area contributed by atoms with E-state index in [9.17, 15) is 52.4 Å². The topological polar surface area (TPSA) is 119 Å². The van der Waals surface area contributed by atoms with Crippen LogP contribution in [0.1, 0.15) is 0 Å². The molecule has 2 amide bonds. The Bertz CT molecular complexity index is 1220. The molecular formula is C15H9F7N2O6S2. The van der Waals surface area contributed by atoms with Gasteiger partial charge < -0.3 is 14.8 Å². The molecule has 0 aliphatic heterocycles. The average Bonchev–Trinajstić information content (AvgIpc) is 2.62. The van der Waals surface area contributed by atoms with Crippen molar-refractivity contribution in [3.63, 3.8) is 0 Å². The zero-order chi connectivity index (χ0) is 24.5. The quantitative estimate of drug-likeness (QED) is 0.357. The Morgan fingerprint density at radius 2 is 1.28 bits per heavy atom. The third kappa shape index (κ3) is 5.58. The molecule has 0 aromatic heterocycles. The van der Waals surface area contributed by atoms with Crippen LogP contribution in [0.15, 0.2) is 47.4 Å². The van der Waals surface area contributed by atoms with E-state index in [2.05, 4.69) is 9.50 Å². The van der Waals surface area contributed by atoms with Crippen LogP contribution < -0.4 is 14.8 Å². The maximum atomic E-state index is 13.8. The summed E-state index contributed by atoms with van der Waals surface area (Å²) in [6.07, 6.45) is 0. The van der Waals surface area contributed by atoms with Crippen molar-refractivity contribution in [1.82, 2.24) is 0 Å². The van der Waals surface area contributed by atoms with Crippen LogP contribution in [0.4, 0.5) is 46.9 Å². The average molecular weight is 510 g/mol. The molecule has 0 radical (unpaired) electrons. The van der Waals surface area contributed by atoms with E-state index < -0.39 is 53.5 Å². The van der Waals surface area contributed by atoms with Crippen LogP contribution in [0.2, 0.25) is 0 Å². The summed E-state index contributed by atoms with van der Waals surface area (Å²) in [5.74, 6) is -2.87. The molecule has 0 aliphatic carbocycles. The van der Waals surface area contributed by atoms with Crippen LogP contribution in [0.3, 0.4) is 0 Å². The van der Waals surface area contributed by atoms with Crippen molar-refractivity contribution < 1.29 is 56.5 Å². The summed E-state index contributed by atoms with van der Waals surface area (Å²) in [5.41, 5.74) is -11.9. The number of benzene rings is 2. The van der Waals surface area contributed by atoms with Crippen LogP contribution >= 0.6 is 0 Å². The molecule has 0 atom stereocenters. The summed E-state index contributed by atoms with van der Waals surface area (Å²) < 4.78 is 136. The first-order valence-corrected chi connectivity index (χ1v) is 10.6. The number of hydrogen-bond donors (Lipinski definition) is 2. The van der Waals surface area contributed by atoms with E-state index in [-0.39, 0.29) is 11.4 Å². The molecule has 8 nitrogen and oxygen atoms in total. The highest BCUT2D eigenvalue weighted by atomic mass is 32.2. The predicted molar refractivity (Wildman–Crippen MR) is 94.3 cm³/mol. The van der Waals surface area contributed by atoms with Crippen LogP contribution in [0.25, 0.3) is 0 Å². The van der Waals surface area contributed by atoms with Gasteiger partial charge in [0.25, 0.3) is 9.84 Å². The van der Waals surface area contributed by atoms with Gasteiger partial charge in [-0.25, -0.2) is 17.6 Å². The molecule has 32 heavy (non-hydrogen) atoms. The molecule has 176 valence electrons. The number of urea groups is 1. The van der Waals surface area contributed by atoms with Gasteiger partial charge in [0, 0.05) is 17.4 Å². The maximum Gasteiger partial charge on any atom is 0.534 e. The fraction of sp³-hybridized carbons (Fsp3) is 0.133. The van der Waals surface area contributed by atoms with Crippen molar-refractivity contribution >= 4 is 37.4 Å². The van der Waals surface area contributed by atoms with Gasteiger partial charge >= 0.3 is 27.2 Å². The number of halogens is 7. The molecule has 17 heteroatoms. The number of alkyl halides is 6. The van der Waals surface area contributed by atoms with Gasteiger partial charge in [0.2, 0.25) is 0 Å². The zero-order valence-electron chi connectivity index (χ0n) is 15.0. The minimum absolute atomic E-state index is 0.166. The highest BCUT2D eigenvalue weighted by molar-refractivity contribution is 7.92. The number of nitrogens with one attached hydrogen (secondary N) is 2. The SMILES string of the molecule is O=C(Nc1ccc(S(=O)(=O)C(F)(F)F)cc1)Nc1ccc(OS(=O)(=O)C(F)(F)F)c(F)c1. The lowest BCUT2D eigenvalue weighted by Gasteiger charge is -2.12. The van der Waals surface area contributed by atoms with Gasteiger partial charge in [-0.05, 0) is 36.4 Å². The summed E-state index contributed by atoms with van der Waals surface area (Å²) in [5, 5.41) is 4.08. The van der Waals surface area contributed by atoms with Crippen molar-refractivity contribution in [2.24, 2.45) is 0 Å². The molecule has 2 aromatic carbocycles. The largest absolute Gasteiger partial charge is 0.534 e. The number of rotatable bonds is 5. The van der Waals surface area contributed by atoms with Gasteiger partial charge in [0.05, 0.1) is 4.90 Å². The molecule has 0 unspecified atom stereocenters. The first kappa shape index (κ1) is 25.2. The minimum atomic E-state index is -6.13. The highest BCUT2D eigenvalue weighted by Crippen LogP contribution is 2.31. The summed E-state index contributed by atoms with van der Waals surface area (Å²) in [4.78, 5) is 10.8. The number of hydrogen-bond acceptors (Lipinski definition) is 6. The second kappa shape index (κ2) is 8.45. The van der Waals surface area contributed by atoms with Crippen molar-refractivity contribution in [2.45, 2.75) is 15.9 Å². The van der Waals surface area contributed by atoms with E-state index in [1.54, 1.807) is 0 Å². The standard InChI is InChI=1S/C15H9F7N2O6S2/c16-11-7-9(3-6-12(11)30-32(28,29)15(20,21)22)24-13(25)23-8-1-4-10(5-2-8)31(26,27)14(17,18)19/h1-7H,(H2,23,24,25). The van der Waals surface area contributed by atoms with E-state index in [1.165, 1.54) is 0 Å². The molecule has 2 aromatic rings. The lowest BCUT2D eigenvalue weighted by Crippen LogP contribution is -2.28. The van der Waals surface area contributed by atoms with Crippen molar-refractivity contribution in [3.8, 4) is 5.75 Å². The van der Waals surface area contributed by atoms with Gasteiger partial charge in [-0.1, -0.05) is 0 Å². The Morgan fingerprint density at radius 3 is 1.75 bits per heavy atom. The Hall–Kier alpha value is -3.08. The van der Waals surface area contributed by atoms with Crippen LogP contribution in [0, 0.1) is 5.82 Å². The zero-order valence-corrected chi connectivity index (χ0v) is 16.6. The van der Waals surface area contributed by atoms with Crippen molar-refractivity contribution in [1.29, 1.82) is 0 Å². The Balaban J connectivity index is 2.08. The third-order valence-corrected chi connectivity index (χ3v) is 5.87. The molecule has 0 spiro atoms. The summed E-state index contributed by atoms with van der Waals surface area (Å²) in [6, 6.07) is 3.42. The van der Waals surface area contributed by atoms with Gasteiger partial charge in [0.1, 0.15) is 0 Å². The summed E-state index contributed by atoms with van der Waals surface area (Å²) in [7, 11) is -11.7. The molecule has 0 saturated carbocycles. The molecule has 2 rings (SSSR count). The summed E-state index contributed by atoms with van der Waals surface area (Å²) in [6.45, 7) is 0. The second-order valence-electron chi connectivity index (χ2n) is 5.68. The minimum Gasteiger partial charge on any atom is -0.373 e. The number of anilines is 2. The third-order valence-electron chi connectivity index (χ3n) is 3.40. The number of carbonyl (C=O) groups is 1. The first-order valence-electron chi connectivity index (χ1n) is 7.74. The fourth-order valence-corrected chi connectivity index (χ4v) is 3.18. The number of sulfone groups is 1. The van der Waals surface area contributed by atoms with E-state index in [1.807, 2.05) is 5.32 Å². The smallest absolute Gasteiger partial charge is 0.373 e. The van der Waals surface area contributed by atoms with Gasteiger partial charge in [0.15, 0.2) is 11.6 Å². The van der Waals surface area contributed by atoms with Gasteiger partial charge in [-0.2, -0.15) is 34.8 Å². The fourth-order valence-electron chi connectivity index (χ4n) is 1.96. The lowest BCUT2D eigenvalue weighted by molar-refractivity contribution is -0.0501. The molecule has 0 heterocycles. The molecule has 2 N–H and O–H groups in total. The Morgan fingerprint density at radius 1 is 0.781 bits per heavy atom. The van der Waals surface area contributed by atoms with Crippen LogP contribution in [0.5, 0.6) is 5.75 Å². The Kier molecular flexibility index (Phi) is 6.65.